The number of fused-ring (bicyclic) bond motifs is 1. The number of likely N-dealkylation sites (tertiary alicyclic amines) is 1. The molecule has 4 atom stereocenters. The highest BCUT2D eigenvalue weighted by Crippen LogP contribution is 2.45. The van der Waals surface area contributed by atoms with Crippen LogP contribution in [0.2, 0.25) is 0 Å². The van der Waals surface area contributed by atoms with Crippen molar-refractivity contribution in [1.82, 2.24) is 4.90 Å². The predicted molar refractivity (Wildman–Crippen MR) is 124 cm³/mol. The number of carbonyl (C=O) groups excluding carboxylic acids is 1. The fraction of sp³-hybridized carbons (Fsp3) is 0.462. The van der Waals surface area contributed by atoms with Crippen molar-refractivity contribution in [1.29, 1.82) is 0 Å². The summed E-state index contributed by atoms with van der Waals surface area (Å²) in [5.41, 5.74) is 1.65. The third-order valence-corrected chi connectivity index (χ3v) is 6.85. The van der Waals surface area contributed by atoms with E-state index in [2.05, 4.69) is 24.1 Å². The minimum absolute atomic E-state index is 0.0387. The second-order valence-corrected chi connectivity index (χ2v) is 9.51. The van der Waals surface area contributed by atoms with Gasteiger partial charge in [0.25, 0.3) is 0 Å². The maximum Gasteiger partial charge on any atom is 0.335 e. The third-order valence-electron chi connectivity index (χ3n) is 6.85. The number of aromatic carboxylic acids is 1. The van der Waals surface area contributed by atoms with E-state index < -0.39 is 5.97 Å². The maximum atomic E-state index is 13.4. The standard InChI is InChI=1S/C26H31FN2O4/c1-16(2)22-13-19-14-29(15-24(30)28-21-5-3-4-18(12-21)26(31)32)11-10-23(19)33-25(22)17-6-8-20(27)9-7-17/h3-9,12,16,19,22-23,25H,10-11,13-15H2,1-2H3,(H,28,30)(H,31,32)/t19-,22-,23+,25-/m1/s1. The number of benzene rings is 2. The van der Waals surface area contributed by atoms with Crippen LogP contribution in [0.25, 0.3) is 0 Å². The van der Waals surface area contributed by atoms with Gasteiger partial charge in [0.1, 0.15) is 5.82 Å². The van der Waals surface area contributed by atoms with Gasteiger partial charge in [-0.15, -0.1) is 0 Å². The number of hydrogen-bond donors (Lipinski definition) is 2. The Morgan fingerprint density at radius 3 is 2.67 bits per heavy atom. The number of carboxylic acids is 1. The number of ether oxygens (including phenoxy) is 1. The number of anilines is 1. The van der Waals surface area contributed by atoms with Crippen LogP contribution in [0.4, 0.5) is 10.1 Å². The Hall–Kier alpha value is -2.77. The van der Waals surface area contributed by atoms with Gasteiger partial charge in [-0.2, -0.15) is 0 Å². The lowest BCUT2D eigenvalue weighted by Gasteiger charge is -2.48. The van der Waals surface area contributed by atoms with Gasteiger partial charge in [-0.25, -0.2) is 9.18 Å². The van der Waals surface area contributed by atoms with Crippen molar-refractivity contribution in [3.05, 3.63) is 65.5 Å². The van der Waals surface area contributed by atoms with Crippen molar-refractivity contribution in [2.24, 2.45) is 17.8 Å². The molecule has 6 nitrogen and oxygen atoms in total. The maximum absolute atomic E-state index is 13.4. The van der Waals surface area contributed by atoms with Crippen LogP contribution in [0, 0.1) is 23.6 Å². The van der Waals surface area contributed by atoms with Crippen LogP contribution in [0.1, 0.15) is 48.7 Å². The van der Waals surface area contributed by atoms with Crippen molar-refractivity contribution in [3.8, 4) is 0 Å². The first-order valence-corrected chi connectivity index (χ1v) is 11.6. The zero-order valence-corrected chi connectivity index (χ0v) is 19.0. The molecule has 0 spiro atoms. The van der Waals surface area contributed by atoms with Crippen LogP contribution in [0.3, 0.4) is 0 Å². The zero-order valence-electron chi connectivity index (χ0n) is 19.0. The van der Waals surface area contributed by atoms with Crippen LogP contribution in [-0.2, 0) is 9.53 Å². The number of hydrogen-bond acceptors (Lipinski definition) is 4. The van der Waals surface area contributed by atoms with E-state index >= 15 is 0 Å². The number of rotatable bonds is 6. The molecule has 0 radical (unpaired) electrons. The minimum atomic E-state index is -1.02. The van der Waals surface area contributed by atoms with E-state index in [1.54, 1.807) is 12.1 Å². The molecule has 2 aromatic rings. The summed E-state index contributed by atoms with van der Waals surface area (Å²) in [7, 11) is 0. The zero-order chi connectivity index (χ0) is 23.5. The molecular weight excluding hydrogens is 423 g/mol. The third kappa shape index (κ3) is 5.60. The lowest BCUT2D eigenvalue weighted by molar-refractivity contribution is -0.152. The molecule has 0 aliphatic carbocycles. The fourth-order valence-corrected chi connectivity index (χ4v) is 5.13. The fourth-order valence-electron chi connectivity index (χ4n) is 5.13. The van der Waals surface area contributed by atoms with E-state index in [0.717, 1.165) is 31.5 Å². The molecule has 2 aromatic carbocycles. The van der Waals surface area contributed by atoms with E-state index in [4.69, 9.17) is 9.84 Å². The summed E-state index contributed by atoms with van der Waals surface area (Å²) in [4.78, 5) is 25.9. The van der Waals surface area contributed by atoms with E-state index in [-0.39, 0.29) is 36.0 Å². The van der Waals surface area contributed by atoms with Crippen LogP contribution < -0.4 is 5.32 Å². The molecule has 0 bridgehead atoms. The highest BCUT2D eigenvalue weighted by atomic mass is 19.1. The number of carbonyl (C=O) groups is 2. The largest absolute Gasteiger partial charge is 0.478 e. The smallest absolute Gasteiger partial charge is 0.335 e. The van der Waals surface area contributed by atoms with Gasteiger partial charge in [0, 0.05) is 18.8 Å². The Kier molecular flexibility index (Phi) is 7.10. The van der Waals surface area contributed by atoms with Gasteiger partial charge in [-0.05, 0) is 66.5 Å². The van der Waals surface area contributed by atoms with Crippen LogP contribution in [0.15, 0.2) is 48.5 Å². The van der Waals surface area contributed by atoms with E-state index in [1.165, 1.54) is 24.3 Å². The van der Waals surface area contributed by atoms with E-state index in [1.807, 2.05) is 12.1 Å². The molecule has 1 amide bonds. The summed E-state index contributed by atoms with van der Waals surface area (Å²) in [6.45, 7) is 6.20. The highest BCUT2D eigenvalue weighted by molar-refractivity contribution is 5.94. The molecule has 176 valence electrons. The Morgan fingerprint density at radius 2 is 1.97 bits per heavy atom. The average Bonchev–Trinajstić information content (AvgIpc) is 2.78. The number of carboxylic acid groups (broad SMARTS) is 1. The van der Waals surface area contributed by atoms with Gasteiger partial charge in [0.15, 0.2) is 0 Å². The molecule has 33 heavy (non-hydrogen) atoms. The first-order chi connectivity index (χ1) is 15.8. The van der Waals surface area contributed by atoms with Crippen molar-refractivity contribution < 1.29 is 23.8 Å². The highest BCUT2D eigenvalue weighted by Gasteiger charge is 2.42. The minimum Gasteiger partial charge on any atom is -0.478 e. The van der Waals surface area contributed by atoms with E-state index in [9.17, 15) is 14.0 Å². The normalized spacial score (nSPS) is 25.5. The lowest BCUT2D eigenvalue weighted by atomic mass is 9.74. The summed E-state index contributed by atoms with van der Waals surface area (Å²) < 4.78 is 20.0. The van der Waals surface area contributed by atoms with Crippen molar-refractivity contribution >= 4 is 17.6 Å². The number of nitrogens with zero attached hydrogens (tertiary/aromatic N) is 1. The Labute approximate surface area is 193 Å². The molecule has 4 rings (SSSR count). The predicted octanol–water partition coefficient (Wildman–Crippen LogP) is 4.59. The van der Waals surface area contributed by atoms with E-state index in [0.29, 0.717) is 23.4 Å². The second kappa shape index (κ2) is 10.0. The van der Waals surface area contributed by atoms with Crippen molar-refractivity contribution in [2.45, 2.75) is 38.9 Å². The monoisotopic (exact) mass is 454 g/mol. The molecule has 2 aliphatic rings. The second-order valence-electron chi connectivity index (χ2n) is 9.51. The lowest BCUT2D eigenvalue weighted by Crippen LogP contribution is -2.51. The van der Waals surface area contributed by atoms with Gasteiger partial charge in [-0.3, -0.25) is 9.69 Å². The molecule has 2 N–H and O–H groups in total. The number of piperidine rings is 1. The molecule has 2 heterocycles. The summed E-state index contributed by atoms with van der Waals surface area (Å²) >= 11 is 0. The molecule has 2 saturated heterocycles. The topological polar surface area (TPSA) is 78.9 Å². The molecule has 2 aliphatic heterocycles. The van der Waals surface area contributed by atoms with Gasteiger partial charge < -0.3 is 15.2 Å². The molecule has 0 unspecified atom stereocenters. The van der Waals surface area contributed by atoms with Crippen molar-refractivity contribution in [3.63, 3.8) is 0 Å². The summed E-state index contributed by atoms with van der Waals surface area (Å²) in [6.07, 6.45) is 1.93. The summed E-state index contributed by atoms with van der Waals surface area (Å²) in [5, 5.41) is 11.9. The van der Waals surface area contributed by atoms with Crippen molar-refractivity contribution in [2.75, 3.05) is 25.0 Å². The average molecular weight is 455 g/mol. The molecule has 0 saturated carbocycles. The SMILES string of the molecule is CC(C)[C@H]1C[C@@H]2CN(CC(=O)Nc3cccc(C(=O)O)c3)CC[C@@H]2O[C@@H]1c1ccc(F)cc1. The number of nitrogens with one attached hydrogen (secondary N) is 1. The molecular formula is C26H31FN2O4. The first-order valence-electron chi connectivity index (χ1n) is 11.6. The molecule has 0 aromatic heterocycles. The van der Waals surface area contributed by atoms with Gasteiger partial charge in [0.05, 0.1) is 24.3 Å². The Balaban J connectivity index is 1.37. The molecule has 2 fully saturated rings. The van der Waals surface area contributed by atoms with Crippen LogP contribution in [0.5, 0.6) is 0 Å². The quantitative estimate of drug-likeness (QED) is 0.668. The summed E-state index contributed by atoms with van der Waals surface area (Å²) in [6, 6.07) is 12.9. The van der Waals surface area contributed by atoms with Gasteiger partial charge >= 0.3 is 5.97 Å². The number of amides is 1. The van der Waals surface area contributed by atoms with Gasteiger partial charge in [0.2, 0.25) is 5.91 Å². The first kappa shape index (κ1) is 23.4. The van der Waals surface area contributed by atoms with Gasteiger partial charge in [-0.1, -0.05) is 32.0 Å². The van der Waals surface area contributed by atoms with Crippen LogP contribution in [-0.4, -0.2) is 47.6 Å². The Morgan fingerprint density at radius 1 is 1.21 bits per heavy atom. The van der Waals surface area contributed by atoms with Crippen LogP contribution >= 0.6 is 0 Å². The summed E-state index contributed by atoms with van der Waals surface area (Å²) in [5.74, 6) is -0.340. The molecule has 7 heteroatoms. The Bertz CT molecular complexity index is 994. The number of halogens is 1.